The number of aliphatic carboxylic acids is 1. The highest BCUT2D eigenvalue weighted by atomic mass is 32.2. The summed E-state index contributed by atoms with van der Waals surface area (Å²) in [5, 5.41) is 21.2. The van der Waals surface area contributed by atoms with Gasteiger partial charge in [0.05, 0.1) is 18.8 Å². The van der Waals surface area contributed by atoms with Gasteiger partial charge >= 0.3 is 5.97 Å². The molecule has 0 saturated carbocycles. The van der Waals surface area contributed by atoms with Gasteiger partial charge in [0, 0.05) is 42.0 Å². The number of rotatable bonds is 15. The minimum absolute atomic E-state index is 0.00928. The molecule has 7 nitrogen and oxygen atoms in total. The Bertz CT molecular complexity index is 1540. The minimum Gasteiger partial charge on any atom is -0.481 e. The molecule has 240 valence electrons. The van der Waals surface area contributed by atoms with E-state index >= 15 is 0 Å². The van der Waals surface area contributed by atoms with Gasteiger partial charge in [-0.05, 0) is 58.9 Å². The van der Waals surface area contributed by atoms with Gasteiger partial charge in [0.25, 0.3) is 0 Å². The molecule has 0 aliphatic carbocycles. The van der Waals surface area contributed by atoms with Gasteiger partial charge in [-0.25, -0.2) is 0 Å². The average molecular weight is 640 g/mol. The normalized spacial score (nSPS) is 17.8. The van der Waals surface area contributed by atoms with Gasteiger partial charge in [-0.3, -0.25) is 9.59 Å². The van der Waals surface area contributed by atoms with E-state index in [0.29, 0.717) is 25.8 Å². The zero-order valence-corrected chi connectivity index (χ0v) is 26.7. The van der Waals surface area contributed by atoms with E-state index in [1.807, 2.05) is 54.6 Å². The number of hydrogen-bond acceptors (Lipinski definition) is 6. The van der Waals surface area contributed by atoms with Crippen molar-refractivity contribution in [3.05, 3.63) is 125 Å². The highest BCUT2D eigenvalue weighted by Gasteiger charge is 2.32. The summed E-state index contributed by atoms with van der Waals surface area (Å²) in [6.07, 6.45) is 2.62. The van der Waals surface area contributed by atoms with Crippen molar-refractivity contribution < 1.29 is 29.3 Å². The van der Waals surface area contributed by atoms with Crippen molar-refractivity contribution in [2.75, 3.05) is 5.75 Å². The number of hydrogen-bond donors (Lipinski definition) is 3. The number of carbonyl (C=O) groups excluding carboxylic acids is 1. The number of amides is 1. The predicted molar refractivity (Wildman–Crippen MR) is 180 cm³/mol. The third kappa shape index (κ3) is 10.0. The lowest BCUT2D eigenvalue weighted by molar-refractivity contribution is -0.245. The lowest BCUT2D eigenvalue weighted by atomic mass is 9.99. The van der Waals surface area contributed by atoms with Crippen LogP contribution in [-0.4, -0.2) is 33.9 Å². The van der Waals surface area contributed by atoms with Crippen LogP contribution < -0.4 is 5.32 Å². The van der Waals surface area contributed by atoms with Gasteiger partial charge in [-0.2, -0.15) is 0 Å². The van der Waals surface area contributed by atoms with Crippen molar-refractivity contribution in [2.45, 2.75) is 75.1 Å². The summed E-state index contributed by atoms with van der Waals surface area (Å²) >= 11 is 1.78. The molecule has 3 N–H and O–H groups in total. The molecular weight excluding hydrogens is 598 g/mol. The predicted octanol–water partition coefficient (Wildman–Crippen LogP) is 7.83. The van der Waals surface area contributed by atoms with Crippen molar-refractivity contribution in [3.8, 4) is 11.1 Å². The van der Waals surface area contributed by atoms with E-state index in [0.717, 1.165) is 52.0 Å². The van der Waals surface area contributed by atoms with E-state index < -0.39 is 12.3 Å². The molecule has 0 bridgehead atoms. The lowest BCUT2D eigenvalue weighted by Crippen LogP contribution is -2.31. The molecule has 1 fully saturated rings. The molecule has 1 amide bonds. The topological polar surface area (TPSA) is 105 Å². The first-order valence-corrected chi connectivity index (χ1v) is 16.8. The highest BCUT2D eigenvalue weighted by molar-refractivity contribution is 7.99. The summed E-state index contributed by atoms with van der Waals surface area (Å²) in [7, 11) is 0. The molecule has 5 rings (SSSR count). The Labute approximate surface area is 275 Å². The quantitative estimate of drug-likeness (QED) is 0.0899. The van der Waals surface area contributed by atoms with Gasteiger partial charge in [0.2, 0.25) is 5.91 Å². The van der Waals surface area contributed by atoms with Gasteiger partial charge in [-0.15, -0.1) is 11.8 Å². The molecule has 1 saturated heterocycles. The van der Waals surface area contributed by atoms with Crippen molar-refractivity contribution >= 4 is 23.6 Å². The zero-order chi connectivity index (χ0) is 32.1. The van der Waals surface area contributed by atoms with E-state index in [-0.39, 0.29) is 31.1 Å². The molecule has 1 aliphatic rings. The van der Waals surface area contributed by atoms with E-state index in [2.05, 4.69) is 53.8 Å². The van der Waals surface area contributed by atoms with Crippen molar-refractivity contribution in [1.82, 2.24) is 5.32 Å². The molecular formula is C38H41NO6S. The molecule has 46 heavy (non-hydrogen) atoms. The molecule has 1 aliphatic heterocycles. The Hall–Kier alpha value is -3.95. The van der Waals surface area contributed by atoms with Crippen LogP contribution in [-0.2, 0) is 32.2 Å². The van der Waals surface area contributed by atoms with Crippen LogP contribution in [0.5, 0.6) is 0 Å². The second-order valence-corrected chi connectivity index (χ2v) is 12.6. The summed E-state index contributed by atoms with van der Waals surface area (Å²) in [5.74, 6) is -0.0193. The molecule has 0 aromatic heterocycles. The Morgan fingerprint density at radius 3 is 2.24 bits per heavy atom. The van der Waals surface area contributed by atoms with E-state index in [1.165, 1.54) is 4.90 Å². The second-order valence-electron chi connectivity index (χ2n) is 11.5. The molecule has 3 atom stereocenters. The number of nitrogens with one attached hydrogen (secondary N) is 1. The fourth-order valence-corrected chi connectivity index (χ4v) is 6.39. The van der Waals surface area contributed by atoms with Crippen LogP contribution >= 0.6 is 11.8 Å². The lowest BCUT2D eigenvalue weighted by Gasteiger charge is -2.36. The number of aliphatic hydroxyl groups is 1. The number of carboxylic acids is 1. The Balaban J connectivity index is 1.21. The molecule has 0 unspecified atom stereocenters. The van der Waals surface area contributed by atoms with Gasteiger partial charge < -0.3 is 25.0 Å². The summed E-state index contributed by atoms with van der Waals surface area (Å²) in [5.41, 5.74) is 6.00. The first-order chi connectivity index (χ1) is 22.5. The van der Waals surface area contributed by atoms with Crippen molar-refractivity contribution in [2.24, 2.45) is 0 Å². The molecule has 4 aromatic carbocycles. The fraction of sp³-hybridized carbons (Fsp3) is 0.316. The summed E-state index contributed by atoms with van der Waals surface area (Å²) < 4.78 is 13.0. The van der Waals surface area contributed by atoms with E-state index in [4.69, 9.17) is 14.6 Å². The molecule has 0 spiro atoms. The van der Waals surface area contributed by atoms with Crippen LogP contribution in [0.1, 0.15) is 73.2 Å². The summed E-state index contributed by atoms with van der Waals surface area (Å²) in [6.45, 7) is 0.446. The smallest absolute Gasteiger partial charge is 0.303 e. The largest absolute Gasteiger partial charge is 0.481 e. The highest BCUT2D eigenvalue weighted by Crippen LogP contribution is 2.40. The van der Waals surface area contributed by atoms with Crippen LogP contribution in [0.2, 0.25) is 0 Å². The molecule has 1 heterocycles. The number of aliphatic hydroxyl groups excluding tert-OH is 1. The molecule has 4 aromatic rings. The zero-order valence-electron chi connectivity index (χ0n) is 25.8. The van der Waals surface area contributed by atoms with Gasteiger partial charge in [0.15, 0.2) is 6.29 Å². The monoisotopic (exact) mass is 639 g/mol. The summed E-state index contributed by atoms with van der Waals surface area (Å²) in [4.78, 5) is 24.1. The van der Waals surface area contributed by atoms with Crippen LogP contribution in [0, 0.1) is 0 Å². The third-order valence-electron chi connectivity index (χ3n) is 8.02. The van der Waals surface area contributed by atoms with E-state index in [1.54, 1.807) is 11.8 Å². The maximum absolute atomic E-state index is 12.3. The molecule has 0 radical (unpaired) electrons. The number of carboxylic acid groups (broad SMARTS) is 1. The van der Waals surface area contributed by atoms with Crippen molar-refractivity contribution in [3.63, 3.8) is 0 Å². The second kappa shape index (κ2) is 17.1. The first kappa shape index (κ1) is 33.4. The average Bonchev–Trinajstić information content (AvgIpc) is 3.10. The summed E-state index contributed by atoms with van der Waals surface area (Å²) in [6, 6.07) is 34.7. The Kier molecular flexibility index (Phi) is 12.4. The maximum Gasteiger partial charge on any atom is 0.303 e. The fourth-order valence-electron chi connectivity index (χ4n) is 5.45. The van der Waals surface area contributed by atoms with Crippen LogP contribution in [0.3, 0.4) is 0 Å². The van der Waals surface area contributed by atoms with Crippen molar-refractivity contribution in [1.29, 1.82) is 0 Å². The van der Waals surface area contributed by atoms with Crippen LogP contribution in [0.25, 0.3) is 11.1 Å². The standard InChI is InChI=1S/C38H41NO6S/c40-25-27-14-16-30(17-15-27)35-23-33(26-46-34-10-3-1-4-11-34)44-38(45-35)31-20-18-29(19-21-31)32-9-7-8-28(22-32)24-39-36(41)12-5-2-6-13-37(42)43/h1,3-4,7-11,14-22,33,35,38,40H,2,5-6,12-13,23-26H2,(H,39,41)(H,42,43)/t33-,35+,38+/m1/s1. The number of carbonyl (C=O) groups is 2. The first-order valence-electron chi connectivity index (χ1n) is 15.8. The maximum atomic E-state index is 12.3. The van der Waals surface area contributed by atoms with Gasteiger partial charge in [-0.1, -0.05) is 91.3 Å². The molecule has 8 heteroatoms. The van der Waals surface area contributed by atoms with Crippen LogP contribution in [0.15, 0.2) is 108 Å². The number of unbranched alkanes of at least 4 members (excludes halogenated alkanes) is 2. The minimum atomic E-state index is -0.799. The third-order valence-corrected chi connectivity index (χ3v) is 9.17. The number of thioether (sulfide) groups is 1. The number of ether oxygens (including phenoxy) is 2. The number of benzene rings is 4. The Morgan fingerprint density at radius 1 is 0.761 bits per heavy atom. The Morgan fingerprint density at radius 2 is 1.50 bits per heavy atom. The SMILES string of the molecule is O=C(O)CCCCCC(=O)NCc1cccc(-c2ccc([C@H]3O[C@@H](CSc4ccccc4)C[C@@H](c4ccc(CO)cc4)O3)cc2)c1. The van der Waals surface area contributed by atoms with E-state index in [9.17, 15) is 14.7 Å². The van der Waals surface area contributed by atoms with Crippen LogP contribution in [0.4, 0.5) is 0 Å². The van der Waals surface area contributed by atoms with Gasteiger partial charge in [0.1, 0.15) is 0 Å².